The monoisotopic (exact) mass is 540 g/mol. The second-order valence-corrected chi connectivity index (χ2v) is 12.2. The fourth-order valence-electron chi connectivity index (χ4n) is 5.33. The smallest absolute Gasteiger partial charge is 0.248 e. The first kappa shape index (κ1) is 27.9. The molecule has 1 heterocycles. The van der Waals surface area contributed by atoms with Crippen molar-refractivity contribution in [2.45, 2.75) is 70.6 Å². The van der Waals surface area contributed by atoms with Crippen molar-refractivity contribution in [1.29, 1.82) is 0 Å². The number of anilines is 1. The van der Waals surface area contributed by atoms with Crippen molar-refractivity contribution in [2.24, 2.45) is 23.5 Å². The molecule has 2 aromatic rings. The summed E-state index contributed by atoms with van der Waals surface area (Å²) in [6.45, 7) is 6.74. The van der Waals surface area contributed by atoms with Crippen molar-refractivity contribution in [3.63, 3.8) is 0 Å². The van der Waals surface area contributed by atoms with E-state index in [1.807, 2.05) is 18.2 Å². The Balaban J connectivity index is 1.58. The standard InChI is InChI=1S/C31H41ClN2O2S/c1-21(22(2)37)7-3-4-8-23-10-11-26(23)19-34-20-27-12-14-28(32)17-24(27)9-5-6-16-36-30-15-13-25(31(33)35)18-29(30)34/h3-4,12-15,17-18,21-23,26,37H,5-11,16,19-20H2,1-2H3,(H2,33,35)/b4-3+/t21-,22+,23+,26-/m0/s1. The van der Waals surface area contributed by atoms with Crippen LogP contribution in [0.3, 0.4) is 0 Å². The van der Waals surface area contributed by atoms with E-state index in [2.05, 4.69) is 55.7 Å². The van der Waals surface area contributed by atoms with Crippen molar-refractivity contribution in [3.8, 4) is 5.75 Å². The van der Waals surface area contributed by atoms with Crippen molar-refractivity contribution < 1.29 is 9.53 Å². The minimum absolute atomic E-state index is 0.413. The predicted octanol–water partition coefficient (Wildman–Crippen LogP) is 7.48. The van der Waals surface area contributed by atoms with Gasteiger partial charge in [0.25, 0.3) is 0 Å². The van der Waals surface area contributed by atoms with Crippen molar-refractivity contribution in [3.05, 3.63) is 70.3 Å². The summed E-state index contributed by atoms with van der Waals surface area (Å²) in [6, 6.07) is 11.9. The molecule has 1 amide bonds. The van der Waals surface area contributed by atoms with Gasteiger partial charge in [-0.1, -0.05) is 43.7 Å². The van der Waals surface area contributed by atoms with Crippen LogP contribution in [0, 0.1) is 17.8 Å². The first-order chi connectivity index (χ1) is 17.8. The third kappa shape index (κ3) is 7.48. The van der Waals surface area contributed by atoms with Gasteiger partial charge in [-0.05, 0) is 104 Å². The molecule has 1 saturated carbocycles. The lowest BCUT2D eigenvalue weighted by molar-refractivity contribution is 0.1000. The van der Waals surface area contributed by atoms with Gasteiger partial charge < -0.3 is 15.4 Å². The Kier molecular flexibility index (Phi) is 9.89. The molecule has 4 rings (SSSR count). The Morgan fingerprint density at radius 1 is 1.14 bits per heavy atom. The number of fused-ring (bicyclic) bond motifs is 2. The summed E-state index contributed by atoms with van der Waals surface area (Å²) in [6.07, 6.45) is 12.4. The van der Waals surface area contributed by atoms with Crippen molar-refractivity contribution >= 4 is 35.8 Å². The summed E-state index contributed by atoms with van der Waals surface area (Å²) in [5.74, 6) is 2.26. The maximum atomic E-state index is 12.1. The topological polar surface area (TPSA) is 55.6 Å². The highest BCUT2D eigenvalue weighted by atomic mass is 35.5. The van der Waals surface area contributed by atoms with E-state index in [0.29, 0.717) is 35.2 Å². The number of halogens is 1. The van der Waals surface area contributed by atoms with Gasteiger partial charge in [-0.15, -0.1) is 0 Å². The number of hydrogen-bond donors (Lipinski definition) is 2. The molecule has 0 saturated heterocycles. The SMILES string of the molecule is C[C@@H](S)[C@@H](C)C/C=C/C[C@@H]1CC[C@H]1CN1Cc2ccc(Cl)cc2CCCCOc2ccc(C(N)=O)cc21. The van der Waals surface area contributed by atoms with E-state index in [4.69, 9.17) is 22.1 Å². The number of primary amides is 1. The predicted molar refractivity (Wildman–Crippen MR) is 158 cm³/mol. The molecule has 2 aliphatic rings. The number of nitrogens with zero attached hydrogens (tertiary/aromatic N) is 1. The van der Waals surface area contributed by atoms with Crippen LogP contribution < -0.4 is 15.4 Å². The molecule has 1 aliphatic carbocycles. The van der Waals surface area contributed by atoms with Crippen LogP contribution in [0.15, 0.2) is 48.6 Å². The highest BCUT2D eigenvalue weighted by Gasteiger charge is 2.32. The van der Waals surface area contributed by atoms with E-state index in [0.717, 1.165) is 61.7 Å². The Labute approximate surface area is 233 Å². The van der Waals surface area contributed by atoms with Crippen LogP contribution in [0.5, 0.6) is 5.75 Å². The van der Waals surface area contributed by atoms with Gasteiger partial charge in [0.15, 0.2) is 0 Å². The summed E-state index contributed by atoms with van der Waals surface area (Å²) in [5, 5.41) is 1.19. The number of ether oxygens (including phenoxy) is 1. The average molecular weight is 541 g/mol. The lowest BCUT2D eigenvalue weighted by Crippen LogP contribution is -2.38. The fourth-order valence-corrected chi connectivity index (χ4v) is 5.64. The maximum Gasteiger partial charge on any atom is 0.248 e. The highest BCUT2D eigenvalue weighted by Crippen LogP contribution is 2.41. The molecular weight excluding hydrogens is 500 g/mol. The van der Waals surface area contributed by atoms with Crippen molar-refractivity contribution in [1.82, 2.24) is 0 Å². The lowest BCUT2D eigenvalue weighted by atomic mass is 9.71. The minimum Gasteiger partial charge on any atom is -0.491 e. The van der Waals surface area contributed by atoms with Gasteiger partial charge >= 0.3 is 0 Å². The number of amides is 1. The van der Waals surface area contributed by atoms with Gasteiger partial charge in [0.1, 0.15) is 5.75 Å². The Morgan fingerprint density at radius 3 is 2.68 bits per heavy atom. The zero-order valence-corrected chi connectivity index (χ0v) is 23.8. The number of allylic oxidation sites excluding steroid dienone is 2. The zero-order valence-electron chi connectivity index (χ0n) is 22.2. The quantitative estimate of drug-likeness (QED) is 0.269. The van der Waals surface area contributed by atoms with Gasteiger partial charge in [0.2, 0.25) is 5.91 Å². The highest BCUT2D eigenvalue weighted by molar-refractivity contribution is 7.80. The fraction of sp³-hybridized carbons (Fsp3) is 0.516. The first-order valence-corrected chi connectivity index (χ1v) is 14.6. The molecule has 1 fully saturated rings. The molecule has 6 heteroatoms. The number of carbonyl (C=O) groups is 1. The number of carbonyl (C=O) groups excluding carboxylic acids is 1. The van der Waals surface area contributed by atoms with Crippen LogP contribution in [0.25, 0.3) is 0 Å². The van der Waals surface area contributed by atoms with Gasteiger partial charge in [-0.3, -0.25) is 4.79 Å². The molecule has 4 atom stereocenters. The largest absolute Gasteiger partial charge is 0.491 e. The van der Waals surface area contributed by atoms with Crippen LogP contribution in [-0.2, 0) is 13.0 Å². The number of aryl methyl sites for hydroxylation is 1. The van der Waals surface area contributed by atoms with E-state index < -0.39 is 5.91 Å². The summed E-state index contributed by atoms with van der Waals surface area (Å²) in [7, 11) is 0. The molecule has 37 heavy (non-hydrogen) atoms. The first-order valence-electron chi connectivity index (χ1n) is 13.7. The van der Waals surface area contributed by atoms with E-state index in [9.17, 15) is 4.79 Å². The van der Waals surface area contributed by atoms with Gasteiger partial charge in [0.05, 0.1) is 12.3 Å². The number of hydrogen-bond acceptors (Lipinski definition) is 4. The lowest BCUT2D eigenvalue weighted by Gasteiger charge is -2.41. The normalized spacial score (nSPS) is 21.7. The Bertz CT molecular complexity index is 1100. The van der Waals surface area contributed by atoms with Gasteiger partial charge in [-0.25, -0.2) is 0 Å². The van der Waals surface area contributed by atoms with E-state index >= 15 is 0 Å². The molecule has 1 aliphatic heterocycles. The second kappa shape index (κ2) is 13.1. The number of thiol groups is 1. The molecule has 2 N–H and O–H groups in total. The van der Waals surface area contributed by atoms with Crippen LogP contribution in [0.2, 0.25) is 5.02 Å². The molecule has 200 valence electrons. The third-order valence-electron chi connectivity index (χ3n) is 8.18. The molecule has 0 aromatic heterocycles. The maximum absolute atomic E-state index is 12.1. The summed E-state index contributed by atoms with van der Waals surface area (Å²) in [4.78, 5) is 14.5. The molecular formula is C31H41ClN2O2S. The summed E-state index contributed by atoms with van der Waals surface area (Å²) >= 11 is 11.0. The molecule has 0 unspecified atom stereocenters. The van der Waals surface area contributed by atoms with Crippen LogP contribution in [0.4, 0.5) is 5.69 Å². The number of rotatable bonds is 8. The molecule has 0 bridgehead atoms. The van der Waals surface area contributed by atoms with E-state index in [-0.39, 0.29) is 0 Å². The molecule has 0 spiro atoms. The third-order valence-corrected chi connectivity index (χ3v) is 8.92. The minimum atomic E-state index is -0.416. The number of benzene rings is 2. The van der Waals surface area contributed by atoms with E-state index in [1.54, 1.807) is 6.07 Å². The van der Waals surface area contributed by atoms with Crippen LogP contribution in [-0.4, -0.2) is 24.3 Å². The van der Waals surface area contributed by atoms with Crippen LogP contribution >= 0.6 is 24.2 Å². The van der Waals surface area contributed by atoms with Gasteiger partial charge in [-0.2, -0.15) is 12.6 Å². The number of nitrogens with two attached hydrogens (primary N) is 1. The van der Waals surface area contributed by atoms with E-state index in [1.165, 1.54) is 24.0 Å². The zero-order chi connectivity index (χ0) is 26.4. The molecule has 2 aromatic carbocycles. The van der Waals surface area contributed by atoms with Gasteiger partial charge in [0, 0.05) is 28.9 Å². The summed E-state index contributed by atoms with van der Waals surface area (Å²) < 4.78 is 6.25. The Hall–Kier alpha value is -2.11. The Morgan fingerprint density at radius 2 is 1.95 bits per heavy atom. The molecule has 0 radical (unpaired) electrons. The average Bonchev–Trinajstić information content (AvgIpc) is 2.89. The second-order valence-electron chi connectivity index (χ2n) is 10.9. The molecule has 4 nitrogen and oxygen atoms in total. The van der Waals surface area contributed by atoms with Crippen molar-refractivity contribution in [2.75, 3.05) is 18.1 Å². The summed E-state index contributed by atoms with van der Waals surface area (Å²) in [5.41, 5.74) is 9.73. The van der Waals surface area contributed by atoms with Crippen LogP contribution in [0.1, 0.15) is 73.9 Å².